The van der Waals surface area contributed by atoms with Gasteiger partial charge in [-0.15, -0.1) is 0 Å². The predicted octanol–water partition coefficient (Wildman–Crippen LogP) is 0.355. The van der Waals surface area contributed by atoms with Gasteiger partial charge >= 0.3 is 11.1 Å². The quantitative estimate of drug-likeness (QED) is 0.625. The van der Waals surface area contributed by atoms with Crippen LogP contribution in [0.3, 0.4) is 0 Å². The maximum absolute atomic E-state index is 11.3. The summed E-state index contributed by atoms with van der Waals surface area (Å²) in [5.74, 6) is 0.517. The number of aromatic nitrogens is 4. The maximum atomic E-state index is 11.3. The monoisotopic (exact) mass is 293 g/mol. The molecule has 0 radical (unpaired) electrons. The lowest BCUT2D eigenvalue weighted by atomic mass is 10.1. The number of rotatable bonds is 3. The lowest BCUT2D eigenvalue weighted by molar-refractivity contribution is 0.596. The fourth-order valence-electron chi connectivity index (χ4n) is 1.66. The van der Waals surface area contributed by atoms with E-state index in [4.69, 9.17) is 5.73 Å². The van der Waals surface area contributed by atoms with Crippen molar-refractivity contribution in [3.63, 3.8) is 0 Å². The summed E-state index contributed by atoms with van der Waals surface area (Å²) in [6.45, 7) is 3.81. The number of H-pyrrole nitrogens is 1. The molecule has 7 nitrogen and oxygen atoms in total. The van der Waals surface area contributed by atoms with E-state index in [1.54, 1.807) is 13.2 Å². The molecule has 2 aromatic heterocycles. The molecular weight excluding hydrogens is 278 g/mol. The zero-order valence-corrected chi connectivity index (χ0v) is 12.2. The molecule has 0 atom stereocenters. The van der Waals surface area contributed by atoms with Gasteiger partial charge in [0.2, 0.25) is 0 Å². The van der Waals surface area contributed by atoms with E-state index in [2.05, 4.69) is 15.1 Å². The number of hydrogen-bond acceptors (Lipinski definition) is 6. The van der Waals surface area contributed by atoms with E-state index in [0.717, 1.165) is 22.5 Å². The van der Waals surface area contributed by atoms with Crippen molar-refractivity contribution < 1.29 is 0 Å². The van der Waals surface area contributed by atoms with Crippen LogP contribution in [-0.4, -0.2) is 19.7 Å². The average Bonchev–Trinajstić information content (AvgIpc) is 2.40. The molecule has 0 aromatic carbocycles. The molecular formula is C12H15N5O2S. The van der Waals surface area contributed by atoms with Gasteiger partial charge in [0.25, 0.3) is 0 Å². The van der Waals surface area contributed by atoms with Gasteiger partial charge in [0, 0.05) is 24.7 Å². The Morgan fingerprint density at radius 3 is 2.80 bits per heavy atom. The zero-order chi connectivity index (χ0) is 14.9. The molecule has 2 aromatic rings. The van der Waals surface area contributed by atoms with Gasteiger partial charge in [0.05, 0.1) is 5.69 Å². The van der Waals surface area contributed by atoms with Crippen molar-refractivity contribution in [1.29, 1.82) is 0 Å². The van der Waals surface area contributed by atoms with E-state index in [-0.39, 0.29) is 0 Å². The first-order valence-electron chi connectivity index (χ1n) is 5.91. The lowest BCUT2D eigenvalue weighted by Crippen LogP contribution is -2.33. The second kappa shape index (κ2) is 5.49. The van der Waals surface area contributed by atoms with Gasteiger partial charge in [-0.2, -0.15) is 4.98 Å². The first-order chi connectivity index (χ1) is 9.40. The van der Waals surface area contributed by atoms with Crippen LogP contribution < -0.4 is 16.9 Å². The van der Waals surface area contributed by atoms with Crippen molar-refractivity contribution in [2.24, 2.45) is 7.05 Å². The number of aryl methyl sites for hydroxylation is 2. The minimum absolute atomic E-state index is 0.426. The molecule has 2 heterocycles. The summed E-state index contributed by atoms with van der Waals surface area (Å²) >= 11 is 1.32. The highest BCUT2D eigenvalue weighted by Crippen LogP contribution is 2.24. The van der Waals surface area contributed by atoms with E-state index in [1.807, 2.05) is 13.8 Å². The average molecular weight is 293 g/mol. The molecule has 0 aliphatic rings. The number of nitrogens with one attached hydrogen (secondary N) is 1. The van der Waals surface area contributed by atoms with Crippen LogP contribution in [-0.2, 0) is 12.8 Å². The molecule has 2 rings (SSSR count). The standard InChI is InChI=1S/C12H15N5O2S/c1-6-4-14-8(7(2)9(6)13)5-20-12-15-10(18)11(19)16-17(12)3/h4H,5H2,1-3H3,(H2,13,14)(H,16,19). The van der Waals surface area contributed by atoms with Crippen molar-refractivity contribution >= 4 is 17.4 Å². The Hall–Kier alpha value is -2.09. The Morgan fingerprint density at radius 2 is 2.10 bits per heavy atom. The van der Waals surface area contributed by atoms with E-state index < -0.39 is 11.1 Å². The largest absolute Gasteiger partial charge is 0.398 e. The third-order valence-electron chi connectivity index (χ3n) is 2.96. The summed E-state index contributed by atoms with van der Waals surface area (Å²) in [4.78, 5) is 30.4. The van der Waals surface area contributed by atoms with Crippen LogP contribution in [0.5, 0.6) is 0 Å². The fraction of sp³-hybridized carbons (Fsp3) is 0.333. The SMILES string of the molecule is Cc1cnc(CSc2nc(=O)c(=O)[nH]n2C)c(C)c1N. The van der Waals surface area contributed by atoms with Crippen molar-refractivity contribution in [3.8, 4) is 0 Å². The second-order valence-electron chi connectivity index (χ2n) is 4.41. The highest BCUT2D eigenvalue weighted by atomic mass is 32.2. The van der Waals surface area contributed by atoms with Crippen LogP contribution in [0.1, 0.15) is 16.8 Å². The van der Waals surface area contributed by atoms with Crippen LogP contribution >= 0.6 is 11.8 Å². The molecule has 0 amide bonds. The molecule has 0 unspecified atom stereocenters. The number of hydrogen-bond donors (Lipinski definition) is 2. The summed E-state index contributed by atoms with van der Waals surface area (Å²) < 4.78 is 1.42. The number of anilines is 1. The number of aromatic amines is 1. The van der Waals surface area contributed by atoms with Crippen LogP contribution in [0.4, 0.5) is 5.69 Å². The second-order valence-corrected chi connectivity index (χ2v) is 5.36. The summed E-state index contributed by atoms with van der Waals surface area (Å²) in [6.07, 6.45) is 1.72. The van der Waals surface area contributed by atoms with Gasteiger partial charge in [-0.1, -0.05) is 11.8 Å². The third kappa shape index (κ3) is 2.74. The van der Waals surface area contributed by atoms with E-state index in [9.17, 15) is 9.59 Å². The van der Waals surface area contributed by atoms with Gasteiger partial charge in [-0.25, -0.2) is 0 Å². The Labute approximate surface area is 119 Å². The molecule has 0 aliphatic heterocycles. The molecule has 3 N–H and O–H groups in total. The Bertz CT molecular complexity index is 765. The molecule has 20 heavy (non-hydrogen) atoms. The molecule has 0 aliphatic carbocycles. The zero-order valence-electron chi connectivity index (χ0n) is 11.4. The lowest BCUT2D eigenvalue weighted by Gasteiger charge is -2.10. The Balaban J connectivity index is 2.26. The maximum Gasteiger partial charge on any atom is 0.339 e. The van der Waals surface area contributed by atoms with Gasteiger partial charge in [-0.3, -0.25) is 24.4 Å². The molecule has 0 saturated heterocycles. The minimum Gasteiger partial charge on any atom is -0.398 e. The van der Waals surface area contributed by atoms with E-state index in [1.165, 1.54) is 16.4 Å². The Kier molecular flexibility index (Phi) is 3.93. The first-order valence-corrected chi connectivity index (χ1v) is 6.89. The van der Waals surface area contributed by atoms with Gasteiger partial charge in [-0.05, 0) is 25.0 Å². The topological polar surface area (TPSA) is 107 Å². The number of pyridine rings is 1. The van der Waals surface area contributed by atoms with Crippen LogP contribution in [0.15, 0.2) is 20.9 Å². The van der Waals surface area contributed by atoms with Gasteiger partial charge in [0.15, 0.2) is 5.16 Å². The van der Waals surface area contributed by atoms with Gasteiger partial charge < -0.3 is 5.73 Å². The van der Waals surface area contributed by atoms with Crippen molar-refractivity contribution in [3.05, 3.63) is 43.7 Å². The van der Waals surface area contributed by atoms with Crippen molar-refractivity contribution in [2.75, 3.05) is 5.73 Å². The predicted molar refractivity (Wildman–Crippen MR) is 77.8 cm³/mol. The summed E-state index contributed by atoms with van der Waals surface area (Å²) in [5, 5.41) is 2.82. The molecule has 0 spiro atoms. The Morgan fingerprint density at radius 1 is 1.40 bits per heavy atom. The highest BCUT2D eigenvalue weighted by Gasteiger charge is 2.09. The first kappa shape index (κ1) is 14.3. The third-order valence-corrected chi connectivity index (χ3v) is 4.00. The molecule has 8 heteroatoms. The van der Waals surface area contributed by atoms with Crippen molar-refractivity contribution in [1.82, 2.24) is 19.7 Å². The molecule has 0 bridgehead atoms. The number of thioether (sulfide) groups is 1. The fourth-order valence-corrected chi connectivity index (χ4v) is 2.60. The minimum atomic E-state index is -0.793. The summed E-state index contributed by atoms with van der Waals surface area (Å²) in [5.41, 5.74) is 7.85. The molecule has 106 valence electrons. The molecule has 0 saturated carbocycles. The van der Waals surface area contributed by atoms with Crippen LogP contribution in [0.2, 0.25) is 0 Å². The van der Waals surface area contributed by atoms with E-state index >= 15 is 0 Å². The number of nitrogen functional groups attached to an aromatic ring is 1. The van der Waals surface area contributed by atoms with E-state index in [0.29, 0.717) is 10.9 Å². The van der Waals surface area contributed by atoms with Crippen LogP contribution in [0.25, 0.3) is 0 Å². The highest BCUT2D eigenvalue weighted by molar-refractivity contribution is 7.98. The summed E-state index contributed by atoms with van der Waals surface area (Å²) in [7, 11) is 1.62. The number of nitrogens with zero attached hydrogens (tertiary/aromatic N) is 3. The van der Waals surface area contributed by atoms with Crippen molar-refractivity contribution in [2.45, 2.75) is 24.8 Å². The van der Waals surface area contributed by atoms with Crippen LogP contribution in [0, 0.1) is 13.8 Å². The number of nitrogens with two attached hydrogens (primary N) is 1. The van der Waals surface area contributed by atoms with Gasteiger partial charge in [0.1, 0.15) is 0 Å². The summed E-state index contributed by atoms with van der Waals surface area (Å²) in [6, 6.07) is 0. The normalized spacial score (nSPS) is 10.8. The smallest absolute Gasteiger partial charge is 0.339 e. The molecule has 0 fully saturated rings.